The van der Waals surface area contributed by atoms with Gasteiger partial charge in [-0.25, -0.2) is 0 Å². The highest BCUT2D eigenvalue weighted by Crippen LogP contribution is 2.19. The van der Waals surface area contributed by atoms with Crippen LogP contribution in [-0.2, 0) is 14.3 Å². The van der Waals surface area contributed by atoms with Gasteiger partial charge in [-0.15, -0.1) is 0 Å². The molecule has 78 heavy (non-hydrogen) atoms. The van der Waals surface area contributed by atoms with E-state index in [4.69, 9.17) is 4.74 Å². The van der Waals surface area contributed by atoms with Crippen molar-refractivity contribution >= 4 is 11.9 Å². The molecule has 0 fully saturated rings. The molecular formula is C72H139NO5. The molecule has 0 aliphatic rings. The number of esters is 1. The van der Waals surface area contributed by atoms with E-state index in [2.05, 4.69) is 43.5 Å². The maximum atomic E-state index is 12.6. The second-order valence-electron chi connectivity index (χ2n) is 24.6. The summed E-state index contributed by atoms with van der Waals surface area (Å²) in [5, 5.41) is 23.5. The lowest BCUT2D eigenvalue weighted by Crippen LogP contribution is -2.45. The van der Waals surface area contributed by atoms with Crippen LogP contribution in [0, 0.1) is 0 Å². The molecule has 0 heterocycles. The van der Waals surface area contributed by atoms with Crippen LogP contribution in [0.5, 0.6) is 0 Å². The fraction of sp³-hybridized carbons (Fsp3) is 0.917. The fourth-order valence-electron chi connectivity index (χ4n) is 11.3. The van der Waals surface area contributed by atoms with Crippen molar-refractivity contribution in [1.29, 1.82) is 0 Å². The first-order valence-electron chi connectivity index (χ1n) is 35.6. The molecule has 462 valence electrons. The lowest BCUT2D eigenvalue weighted by atomic mass is 10.0. The number of unbranched alkanes of at least 4 members (excludes halogenated alkanes) is 52. The number of nitrogens with one attached hydrogen (secondary N) is 1. The van der Waals surface area contributed by atoms with Gasteiger partial charge in [-0.05, 0) is 57.8 Å². The highest BCUT2D eigenvalue weighted by molar-refractivity contribution is 5.76. The monoisotopic (exact) mass is 1100 g/mol. The number of ether oxygens (including phenoxy) is 1. The third kappa shape index (κ3) is 63.5. The largest absolute Gasteiger partial charge is 0.466 e. The maximum Gasteiger partial charge on any atom is 0.305 e. The van der Waals surface area contributed by atoms with Gasteiger partial charge in [0.1, 0.15) is 0 Å². The average Bonchev–Trinajstić information content (AvgIpc) is 3.44. The van der Waals surface area contributed by atoms with Gasteiger partial charge in [0.2, 0.25) is 5.91 Å². The van der Waals surface area contributed by atoms with E-state index in [9.17, 15) is 19.8 Å². The lowest BCUT2D eigenvalue weighted by molar-refractivity contribution is -0.143. The normalized spacial score (nSPS) is 12.6. The van der Waals surface area contributed by atoms with Crippen molar-refractivity contribution in [1.82, 2.24) is 5.32 Å². The fourth-order valence-corrected chi connectivity index (χ4v) is 11.3. The van der Waals surface area contributed by atoms with Crippen LogP contribution in [0.1, 0.15) is 399 Å². The van der Waals surface area contributed by atoms with Gasteiger partial charge in [0.25, 0.3) is 0 Å². The van der Waals surface area contributed by atoms with Gasteiger partial charge >= 0.3 is 5.97 Å². The minimum absolute atomic E-state index is 0.00255. The summed E-state index contributed by atoms with van der Waals surface area (Å²) in [5.41, 5.74) is 0. The van der Waals surface area contributed by atoms with Gasteiger partial charge < -0.3 is 20.3 Å². The Balaban J connectivity index is 3.39. The predicted molar refractivity (Wildman–Crippen MR) is 343 cm³/mol. The molecule has 0 aromatic carbocycles. The van der Waals surface area contributed by atoms with Crippen molar-refractivity contribution in [3.63, 3.8) is 0 Å². The number of carbonyl (C=O) groups excluding carboxylic acids is 2. The summed E-state index contributed by atoms with van der Waals surface area (Å²) in [7, 11) is 0. The van der Waals surface area contributed by atoms with Crippen molar-refractivity contribution < 1.29 is 24.5 Å². The van der Waals surface area contributed by atoms with Crippen molar-refractivity contribution in [2.75, 3.05) is 13.2 Å². The predicted octanol–water partition coefficient (Wildman–Crippen LogP) is 22.9. The number of aliphatic hydroxyl groups is 2. The zero-order valence-corrected chi connectivity index (χ0v) is 52.9. The molecule has 0 spiro atoms. The van der Waals surface area contributed by atoms with Crippen molar-refractivity contribution in [3.05, 3.63) is 24.3 Å². The third-order valence-electron chi connectivity index (χ3n) is 16.8. The molecule has 2 atom stereocenters. The summed E-state index contributed by atoms with van der Waals surface area (Å²) in [6.07, 6.45) is 85.0. The molecule has 2 unspecified atom stereocenters. The second-order valence-corrected chi connectivity index (χ2v) is 24.6. The van der Waals surface area contributed by atoms with E-state index in [1.165, 1.54) is 315 Å². The van der Waals surface area contributed by atoms with Crippen LogP contribution in [-0.4, -0.2) is 47.4 Å². The Bertz CT molecular complexity index is 1220. The molecular weight excluding hydrogens is 959 g/mol. The van der Waals surface area contributed by atoms with Gasteiger partial charge in [-0.3, -0.25) is 9.59 Å². The molecule has 6 heteroatoms. The van der Waals surface area contributed by atoms with Crippen LogP contribution in [0.2, 0.25) is 0 Å². The summed E-state index contributed by atoms with van der Waals surface area (Å²) >= 11 is 0. The van der Waals surface area contributed by atoms with Crippen LogP contribution in [0.15, 0.2) is 24.3 Å². The van der Waals surface area contributed by atoms with Gasteiger partial charge in [-0.1, -0.05) is 353 Å². The van der Waals surface area contributed by atoms with Crippen LogP contribution >= 0.6 is 0 Å². The van der Waals surface area contributed by atoms with E-state index in [1.54, 1.807) is 0 Å². The molecule has 0 aromatic heterocycles. The number of carbonyl (C=O) groups is 2. The molecule has 0 aliphatic carbocycles. The minimum atomic E-state index is -0.668. The Kier molecular flexibility index (Phi) is 66.4. The van der Waals surface area contributed by atoms with E-state index >= 15 is 0 Å². The highest BCUT2D eigenvalue weighted by Gasteiger charge is 2.20. The lowest BCUT2D eigenvalue weighted by Gasteiger charge is -2.22. The Labute approximate surface area is 488 Å². The molecule has 0 rings (SSSR count). The standard InChI is InChI=1S/C72H139NO5/c1-3-5-7-9-11-13-15-17-19-21-22-23-24-25-26-27-29-33-36-40-44-48-52-56-60-64-70(75)69(68-74)73-71(76)65-61-57-53-49-45-41-37-34-30-28-31-35-39-43-47-51-55-59-63-67-78-72(77)66-62-58-54-50-46-42-38-32-20-18-16-14-12-10-8-6-4-2/h12,14,18,20,69-70,74-75H,3-11,13,15-17,19,21-68H2,1-2H3,(H,73,76)/b14-12-,20-18-. The second kappa shape index (κ2) is 67.8. The van der Waals surface area contributed by atoms with E-state index < -0.39 is 12.1 Å². The van der Waals surface area contributed by atoms with Crippen molar-refractivity contribution in [2.24, 2.45) is 0 Å². The highest BCUT2D eigenvalue weighted by atomic mass is 16.5. The first-order valence-corrected chi connectivity index (χ1v) is 35.6. The van der Waals surface area contributed by atoms with Gasteiger partial charge in [0.15, 0.2) is 0 Å². The van der Waals surface area contributed by atoms with Crippen LogP contribution < -0.4 is 5.32 Å². The third-order valence-corrected chi connectivity index (χ3v) is 16.8. The van der Waals surface area contributed by atoms with Crippen LogP contribution in [0.25, 0.3) is 0 Å². The topological polar surface area (TPSA) is 95.9 Å². The molecule has 0 bridgehead atoms. The zero-order chi connectivity index (χ0) is 56.4. The summed E-state index contributed by atoms with van der Waals surface area (Å²) in [5.74, 6) is -0.0305. The smallest absolute Gasteiger partial charge is 0.305 e. The first kappa shape index (κ1) is 76.3. The SMILES string of the molecule is CCCCC/C=C\C/C=C\CCCCCCCCCC(=O)OCCCCCCCCCCCCCCCCCCCCCC(=O)NC(CO)C(O)CCCCCCCCCCCCCCCCCCCCCCCCCCC. The number of allylic oxidation sites excluding steroid dienone is 4. The van der Waals surface area contributed by atoms with Crippen molar-refractivity contribution in [3.8, 4) is 0 Å². The Morgan fingerprint density at radius 2 is 0.641 bits per heavy atom. The summed E-state index contributed by atoms with van der Waals surface area (Å²) in [4.78, 5) is 24.7. The molecule has 0 saturated carbocycles. The summed E-state index contributed by atoms with van der Waals surface area (Å²) in [6, 6.07) is -0.546. The molecule has 0 aliphatic heterocycles. The number of hydrogen-bond donors (Lipinski definition) is 3. The molecule has 1 amide bonds. The Morgan fingerprint density at radius 3 is 1.00 bits per heavy atom. The van der Waals surface area contributed by atoms with Crippen LogP contribution in [0.4, 0.5) is 0 Å². The number of rotatable bonds is 67. The number of hydrogen-bond acceptors (Lipinski definition) is 5. The Hall–Kier alpha value is -1.66. The van der Waals surface area contributed by atoms with Gasteiger partial charge in [0, 0.05) is 12.8 Å². The number of aliphatic hydroxyl groups excluding tert-OH is 2. The van der Waals surface area contributed by atoms with Crippen molar-refractivity contribution in [2.45, 2.75) is 411 Å². The average molecular weight is 1100 g/mol. The van der Waals surface area contributed by atoms with E-state index in [0.717, 1.165) is 51.4 Å². The zero-order valence-electron chi connectivity index (χ0n) is 52.9. The van der Waals surface area contributed by atoms with Gasteiger partial charge in [-0.2, -0.15) is 0 Å². The molecule has 6 nitrogen and oxygen atoms in total. The Morgan fingerprint density at radius 1 is 0.359 bits per heavy atom. The quantitative estimate of drug-likeness (QED) is 0.0320. The van der Waals surface area contributed by atoms with Gasteiger partial charge in [0.05, 0.1) is 25.4 Å². The summed E-state index contributed by atoms with van der Waals surface area (Å²) in [6.45, 7) is 4.96. The molecule has 0 aromatic rings. The van der Waals surface area contributed by atoms with E-state index in [0.29, 0.717) is 25.9 Å². The van der Waals surface area contributed by atoms with E-state index in [1.807, 2.05) is 0 Å². The van der Waals surface area contributed by atoms with E-state index in [-0.39, 0.29) is 18.5 Å². The number of amides is 1. The maximum absolute atomic E-state index is 12.6. The molecule has 0 radical (unpaired) electrons. The molecule has 0 saturated heterocycles. The molecule has 3 N–H and O–H groups in total. The summed E-state index contributed by atoms with van der Waals surface area (Å²) < 4.78 is 5.50. The first-order chi connectivity index (χ1) is 38.5. The van der Waals surface area contributed by atoms with Crippen LogP contribution in [0.3, 0.4) is 0 Å². The minimum Gasteiger partial charge on any atom is -0.466 e.